The molecule has 0 saturated carbocycles. The molecule has 0 aliphatic rings. The third kappa shape index (κ3) is 5.71. The molecule has 132 valence electrons. The first-order valence-electron chi connectivity index (χ1n) is 8.37. The van der Waals surface area contributed by atoms with E-state index in [0.717, 1.165) is 5.56 Å². The number of nitrogens with one attached hydrogen (secondary N) is 1. The van der Waals surface area contributed by atoms with Crippen molar-refractivity contribution in [2.45, 2.75) is 32.9 Å². The van der Waals surface area contributed by atoms with Gasteiger partial charge in [0.05, 0.1) is 0 Å². The van der Waals surface area contributed by atoms with Crippen LogP contribution in [0.3, 0.4) is 0 Å². The van der Waals surface area contributed by atoms with Gasteiger partial charge in [-0.1, -0.05) is 30.3 Å². The number of carbonyl (C=O) groups is 2. The van der Waals surface area contributed by atoms with Gasteiger partial charge in [-0.3, -0.25) is 9.59 Å². The van der Waals surface area contributed by atoms with E-state index in [9.17, 15) is 14.0 Å². The van der Waals surface area contributed by atoms with Crippen LogP contribution in [0, 0.1) is 5.82 Å². The van der Waals surface area contributed by atoms with Gasteiger partial charge >= 0.3 is 0 Å². The van der Waals surface area contributed by atoms with Gasteiger partial charge < -0.3 is 10.2 Å². The molecule has 0 aliphatic carbocycles. The Morgan fingerprint density at radius 3 is 2.48 bits per heavy atom. The maximum absolute atomic E-state index is 13.3. The van der Waals surface area contributed by atoms with E-state index in [1.165, 1.54) is 12.1 Å². The van der Waals surface area contributed by atoms with Crippen molar-refractivity contribution in [3.05, 3.63) is 71.5 Å². The van der Waals surface area contributed by atoms with Crippen LogP contribution in [0.15, 0.2) is 54.6 Å². The third-order valence-corrected chi connectivity index (χ3v) is 3.89. The molecule has 0 aliphatic heterocycles. The summed E-state index contributed by atoms with van der Waals surface area (Å²) in [7, 11) is 0. The van der Waals surface area contributed by atoms with Gasteiger partial charge in [-0.25, -0.2) is 4.39 Å². The monoisotopic (exact) mass is 342 g/mol. The van der Waals surface area contributed by atoms with Crippen LogP contribution in [0.25, 0.3) is 0 Å². The first kappa shape index (κ1) is 18.6. The molecule has 0 radical (unpaired) electrons. The highest BCUT2D eigenvalue weighted by atomic mass is 19.1. The van der Waals surface area contributed by atoms with Gasteiger partial charge in [0, 0.05) is 31.1 Å². The zero-order valence-electron chi connectivity index (χ0n) is 14.5. The van der Waals surface area contributed by atoms with Gasteiger partial charge in [-0.05, 0) is 43.7 Å². The van der Waals surface area contributed by atoms with Crippen LogP contribution in [-0.4, -0.2) is 29.3 Å². The lowest BCUT2D eigenvalue weighted by Crippen LogP contribution is -2.39. The quantitative estimate of drug-likeness (QED) is 0.838. The molecule has 2 aromatic rings. The summed E-state index contributed by atoms with van der Waals surface area (Å²) in [4.78, 5) is 26.3. The zero-order valence-corrected chi connectivity index (χ0v) is 14.5. The Hall–Kier alpha value is -2.69. The van der Waals surface area contributed by atoms with Crippen molar-refractivity contribution in [1.82, 2.24) is 10.2 Å². The summed E-state index contributed by atoms with van der Waals surface area (Å²) in [5, 5.41) is 2.83. The predicted molar refractivity (Wildman–Crippen MR) is 95.5 cm³/mol. The van der Waals surface area contributed by atoms with E-state index in [1.54, 1.807) is 48.2 Å². The number of hydrogen-bond donors (Lipinski definition) is 1. The average Bonchev–Trinajstić information content (AvgIpc) is 2.60. The van der Waals surface area contributed by atoms with Gasteiger partial charge in [0.25, 0.3) is 5.91 Å². The topological polar surface area (TPSA) is 49.4 Å². The second-order valence-electron chi connectivity index (χ2n) is 5.98. The fourth-order valence-electron chi connectivity index (χ4n) is 2.57. The molecular weight excluding hydrogens is 319 g/mol. The number of halogens is 1. The average molecular weight is 342 g/mol. The lowest BCUT2D eigenvalue weighted by Gasteiger charge is -2.23. The Morgan fingerprint density at radius 1 is 1.12 bits per heavy atom. The first-order chi connectivity index (χ1) is 12.0. The van der Waals surface area contributed by atoms with Crippen LogP contribution in [0.4, 0.5) is 4.39 Å². The van der Waals surface area contributed by atoms with Crippen molar-refractivity contribution in [3.63, 3.8) is 0 Å². The molecule has 1 N–H and O–H groups in total. The number of rotatable bonds is 7. The number of hydrogen-bond acceptors (Lipinski definition) is 2. The molecule has 0 heterocycles. The molecule has 2 amide bonds. The third-order valence-electron chi connectivity index (χ3n) is 3.89. The van der Waals surface area contributed by atoms with E-state index < -0.39 is 0 Å². The van der Waals surface area contributed by atoms with E-state index in [2.05, 4.69) is 5.32 Å². The van der Waals surface area contributed by atoms with Crippen molar-refractivity contribution in [2.75, 3.05) is 6.54 Å². The molecule has 25 heavy (non-hydrogen) atoms. The van der Waals surface area contributed by atoms with Crippen molar-refractivity contribution in [1.29, 1.82) is 0 Å². The molecule has 2 rings (SSSR count). The summed E-state index contributed by atoms with van der Waals surface area (Å²) in [6.45, 7) is 4.56. The molecule has 4 nitrogen and oxygen atoms in total. The SMILES string of the molecule is CCN(Cc1cccc(F)c1)C(=O)CC(C)NC(=O)c1ccccc1. The van der Waals surface area contributed by atoms with E-state index in [1.807, 2.05) is 13.0 Å². The fraction of sp³-hybridized carbons (Fsp3) is 0.300. The van der Waals surface area contributed by atoms with Crippen LogP contribution >= 0.6 is 0 Å². The standard InChI is InChI=1S/C20H23FN2O2/c1-3-23(14-16-8-7-11-18(21)13-16)19(24)12-15(2)22-20(25)17-9-5-4-6-10-17/h4-11,13,15H,3,12,14H2,1-2H3,(H,22,25). The van der Waals surface area contributed by atoms with E-state index in [0.29, 0.717) is 18.7 Å². The highest BCUT2D eigenvalue weighted by Gasteiger charge is 2.17. The Morgan fingerprint density at radius 2 is 1.84 bits per heavy atom. The number of benzene rings is 2. The molecule has 1 atom stereocenters. The summed E-state index contributed by atoms with van der Waals surface area (Å²) in [5.74, 6) is -0.591. The van der Waals surface area contributed by atoms with Gasteiger partial charge in [0.2, 0.25) is 5.91 Å². The predicted octanol–water partition coefficient (Wildman–Crippen LogP) is 3.38. The smallest absolute Gasteiger partial charge is 0.251 e. The van der Waals surface area contributed by atoms with Crippen molar-refractivity contribution >= 4 is 11.8 Å². The molecule has 0 bridgehead atoms. The number of carbonyl (C=O) groups excluding carboxylic acids is 2. The van der Waals surface area contributed by atoms with Crippen LogP contribution < -0.4 is 5.32 Å². The highest BCUT2D eigenvalue weighted by molar-refractivity contribution is 5.94. The van der Waals surface area contributed by atoms with Gasteiger partial charge in [0.1, 0.15) is 5.82 Å². The molecule has 0 spiro atoms. The summed E-state index contributed by atoms with van der Waals surface area (Å²) in [5.41, 5.74) is 1.31. The molecule has 2 aromatic carbocycles. The van der Waals surface area contributed by atoms with Crippen LogP contribution in [0.1, 0.15) is 36.2 Å². The summed E-state index contributed by atoms with van der Waals surface area (Å²) >= 11 is 0. The summed E-state index contributed by atoms with van der Waals surface area (Å²) in [6.07, 6.45) is 0.196. The lowest BCUT2D eigenvalue weighted by molar-refractivity contribution is -0.132. The summed E-state index contributed by atoms with van der Waals surface area (Å²) < 4.78 is 13.3. The lowest BCUT2D eigenvalue weighted by atomic mass is 10.1. The first-order valence-corrected chi connectivity index (χ1v) is 8.37. The zero-order chi connectivity index (χ0) is 18.2. The van der Waals surface area contributed by atoms with Crippen LogP contribution in [0.2, 0.25) is 0 Å². The number of nitrogens with zero attached hydrogens (tertiary/aromatic N) is 1. The van der Waals surface area contributed by atoms with E-state index >= 15 is 0 Å². The van der Waals surface area contributed by atoms with Crippen molar-refractivity contribution in [3.8, 4) is 0 Å². The second-order valence-corrected chi connectivity index (χ2v) is 5.98. The Kier molecular flexibility index (Phi) is 6.69. The minimum absolute atomic E-state index is 0.0763. The molecule has 1 unspecified atom stereocenters. The molecule has 0 aromatic heterocycles. The Balaban J connectivity index is 1.91. The maximum atomic E-state index is 13.3. The molecule has 0 saturated heterocycles. The minimum Gasteiger partial charge on any atom is -0.349 e. The normalized spacial score (nSPS) is 11.6. The largest absolute Gasteiger partial charge is 0.349 e. The Labute approximate surface area is 147 Å². The molecule has 0 fully saturated rings. The Bertz CT molecular complexity index is 719. The van der Waals surface area contributed by atoms with Gasteiger partial charge in [-0.2, -0.15) is 0 Å². The fourth-order valence-corrected chi connectivity index (χ4v) is 2.57. The van der Waals surface area contributed by atoms with Crippen molar-refractivity contribution < 1.29 is 14.0 Å². The van der Waals surface area contributed by atoms with Crippen molar-refractivity contribution in [2.24, 2.45) is 0 Å². The second kappa shape index (κ2) is 8.97. The van der Waals surface area contributed by atoms with Crippen LogP contribution in [-0.2, 0) is 11.3 Å². The van der Waals surface area contributed by atoms with Gasteiger partial charge in [0.15, 0.2) is 0 Å². The molecule has 5 heteroatoms. The highest BCUT2D eigenvalue weighted by Crippen LogP contribution is 2.09. The minimum atomic E-state index is -0.315. The summed E-state index contributed by atoms with van der Waals surface area (Å²) in [6, 6.07) is 14.8. The van der Waals surface area contributed by atoms with Crippen LogP contribution in [0.5, 0.6) is 0 Å². The van der Waals surface area contributed by atoms with E-state index in [4.69, 9.17) is 0 Å². The molecular formula is C20H23FN2O2. The number of amides is 2. The van der Waals surface area contributed by atoms with E-state index in [-0.39, 0.29) is 30.1 Å². The maximum Gasteiger partial charge on any atom is 0.251 e. The van der Waals surface area contributed by atoms with Gasteiger partial charge in [-0.15, -0.1) is 0 Å².